The fraction of sp³-hybridized carbons (Fsp3) is 0.600. The molecule has 2 aliphatic rings. The molecule has 1 fully saturated rings. The number of carbonyl (C=O) groups excluding carboxylic acids is 2. The lowest BCUT2D eigenvalue weighted by Crippen LogP contribution is -2.50. The number of alkyl halides is 1. The van der Waals surface area contributed by atoms with Gasteiger partial charge in [0.2, 0.25) is 11.8 Å². The highest BCUT2D eigenvalue weighted by Crippen LogP contribution is 2.33. The lowest BCUT2D eigenvalue weighted by molar-refractivity contribution is -0.130. The molecule has 26 heavy (non-hydrogen) atoms. The second-order valence-corrected chi connectivity index (χ2v) is 8.56. The van der Waals surface area contributed by atoms with E-state index in [-0.39, 0.29) is 28.8 Å². The van der Waals surface area contributed by atoms with Crippen molar-refractivity contribution in [3.05, 3.63) is 29.3 Å². The minimum absolute atomic E-state index is 0.0410. The molecule has 6 heteroatoms. The highest BCUT2D eigenvalue weighted by atomic mass is 35.5. The molecule has 1 N–H and O–H groups in total. The van der Waals surface area contributed by atoms with Crippen molar-refractivity contribution in [1.82, 2.24) is 10.2 Å². The number of rotatable bonds is 5. The summed E-state index contributed by atoms with van der Waals surface area (Å²) in [5.74, 6) is 0.783. The van der Waals surface area contributed by atoms with Gasteiger partial charge in [-0.25, -0.2) is 0 Å². The Bertz CT molecular complexity index is 719. The summed E-state index contributed by atoms with van der Waals surface area (Å²) in [5, 5.41) is 2.99. The quantitative estimate of drug-likeness (QED) is 0.801. The lowest BCUT2D eigenvalue weighted by atomic mass is 9.93. The molecule has 1 atom stereocenters. The SMILES string of the molecule is CC1(CN(Cc2ccc3c(c2)CCC(C)(C)O3)C(=O)CCl)CCC(=O)N1. The molecule has 0 aromatic heterocycles. The van der Waals surface area contributed by atoms with E-state index < -0.39 is 0 Å². The van der Waals surface area contributed by atoms with Crippen LogP contribution in [0.25, 0.3) is 0 Å². The van der Waals surface area contributed by atoms with Crippen molar-refractivity contribution in [1.29, 1.82) is 0 Å². The van der Waals surface area contributed by atoms with Crippen LogP contribution in [-0.2, 0) is 22.6 Å². The minimum Gasteiger partial charge on any atom is -0.488 e. The Morgan fingerprint density at radius 1 is 1.27 bits per heavy atom. The predicted molar refractivity (Wildman–Crippen MR) is 101 cm³/mol. The van der Waals surface area contributed by atoms with Crippen LogP contribution in [0, 0.1) is 0 Å². The molecule has 1 aromatic rings. The zero-order valence-corrected chi connectivity index (χ0v) is 16.5. The molecule has 142 valence electrons. The first-order chi connectivity index (χ1) is 12.2. The molecule has 2 amide bonds. The topological polar surface area (TPSA) is 58.6 Å². The number of hydrogen-bond acceptors (Lipinski definition) is 3. The van der Waals surface area contributed by atoms with E-state index in [0.717, 1.165) is 30.6 Å². The van der Waals surface area contributed by atoms with Gasteiger partial charge in [0.15, 0.2) is 0 Å². The maximum absolute atomic E-state index is 12.4. The van der Waals surface area contributed by atoms with E-state index >= 15 is 0 Å². The summed E-state index contributed by atoms with van der Waals surface area (Å²) in [6.07, 6.45) is 3.17. The van der Waals surface area contributed by atoms with Gasteiger partial charge in [-0.1, -0.05) is 12.1 Å². The fourth-order valence-electron chi connectivity index (χ4n) is 3.74. The summed E-state index contributed by atoms with van der Waals surface area (Å²) >= 11 is 5.82. The zero-order chi connectivity index (χ0) is 18.9. The summed E-state index contributed by atoms with van der Waals surface area (Å²) in [6, 6.07) is 6.12. The van der Waals surface area contributed by atoms with Crippen LogP contribution in [0.5, 0.6) is 5.75 Å². The van der Waals surface area contributed by atoms with Crippen LogP contribution in [0.4, 0.5) is 0 Å². The van der Waals surface area contributed by atoms with Gasteiger partial charge in [-0.15, -0.1) is 11.6 Å². The standard InChI is InChI=1S/C20H27ClN2O3/c1-19(2)8-6-15-10-14(4-5-16(15)26-19)12-23(18(25)11-21)13-20(3)9-7-17(24)22-20/h4-5,10H,6-9,11-13H2,1-3H3,(H,22,24). The maximum Gasteiger partial charge on any atom is 0.237 e. The molecular weight excluding hydrogens is 352 g/mol. The van der Waals surface area contributed by atoms with E-state index in [1.165, 1.54) is 5.56 Å². The molecule has 0 bridgehead atoms. The summed E-state index contributed by atoms with van der Waals surface area (Å²) in [6.45, 7) is 7.12. The number of aryl methyl sites for hydroxylation is 1. The van der Waals surface area contributed by atoms with Crippen molar-refractivity contribution in [3.8, 4) is 5.75 Å². The first kappa shape index (κ1) is 19.0. The third-order valence-corrected chi connectivity index (χ3v) is 5.46. The normalized spacial score (nSPS) is 23.8. The lowest BCUT2D eigenvalue weighted by Gasteiger charge is -2.34. The van der Waals surface area contributed by atoms with E-state index in [2.05, 4.69) is 25.2 Å². The van der Waals surface area contributed by atoms with Gasteiger partial charge in [0.05, 0.1) is 5.54 Å². The Labute approximate surface area is 160 Å². The van der Waals surface area contributed by atoms with Gasteiger partial charge in [0, 0.05) is 19.5 Å². The Morgan fingerprint density at radius 2 is 2.04 bits per heavy atom. The molecule has 0 radical (unpaired) electrons. The Balaban J connectivity index is 1.75. The van der Waals surface area contributed by atoms with Crippen LogP contribution >= 0.6 is 11.6 Å². The molecule has 1 aromatic carbocycles. The molecule has 0 saturated carbocycles. The third kappa shape index (κ3) is 4.32. The number of amides is 2. The number of fused-ring (bicyclic) bond motifs is 1. The Kier molecular flexibility index (Phi) is 5.20. The summed E-state index contributed by atoms with van der Waals surface area (Å²) in [4.78, 5) is 25.7. The van der Waals surface area contributed by atoms with Crippen molar-refractivity contribution in [2.75, 3.05) is 12.4 Å². The zero-order valence-electron chi connectivity index (χ0n) is 15.7. The van der Waals surface area contributed by atoms with Gasteiger partial charge in [-0.05, 0) is 57.2 Å². The van der Waals surface area contributed by atoms with Crippen molar-refractivity contribution in [2.45, 2.75) is 64.1 Å². The highest BCUT2D eigenvalue weighted by molar-refractivity contribution is 6.27. The van der Waals surface area contributed by atoms with Gasteiger partial charge in [0.1, 0.15) is 17.2 Å². The second-order valence-electron chi connectivity index (χ2n) is 8.30. The summed E-state index contributed by atoms with van der Waals surface area (Å²) < 4.78 is 6.03. The first-order valence-corrected chi connectivity index (χ1v) is 9.69. The smallest absolute Gasteiger partial charge is 0.237 e. The molecule has 0 aliphatic carbocycles. The van der Waals surface area contributed by atoms with Gasteiger partial charge < -0.3 is 15.0 Å². The summed E-state index contributed by atoms with van der Waals surface area (Å²) in [7, 11) is 0. The van der Waals surface area contributed by atoms with Crippen LogP contribution in [-0.4, -0.2) is 40.3 Å². The van der Waals surface area contributed by atoms with Crippen molar-refractivity contribution >= 4 is 23.4 Å². The molecule has 5 nitrogen and oxygen atoms in total. The number of ether oxygens (including phenoxy) is 1. The number of nitrogens with one attached hydrogen (secondary N) is 1. The molecule has 3 rings (SSSR count). The second kappa shape index (κ2) is 7.10. The third-order valence-electron chi connectivity index (χ3n) is 5.23. The van der Waals surface area contributed by atoms with Gasteiger partial charge in [-0.2, -0.15) is 0 Å². The molecular formula is C20H27ClN2O3. The van der Waals surface area contributed by atoms with E-state index in [0.29, 0.717) is 19.5 Å². The van der Waals surface area contributed by atoms with Crippen LogP contribution in [0.3, 0.4) is 0 Å². The van der Waals surface area contributed by atoms with Crippen LogP contribution < -0.4 is 10.1 Å². The molecule has 1 unspecified atom stereocenters. The average molecular weight is 379 g/mol. The van der Waals surface area contributed by atoms with Crippen LogP contribution in [0.15, 0.2) is 18.2 Å². The number of hydrogen-bond donors (Lipinski definition) is 1. The number of carbonyl (C=O) groups is 2. The molecule has 2 aliphatic heterocycles. The van der Waals surface area contributed by atoms with Crippen molar-refractivity contribution < 1.29 is 14.3 Å². The Morgan fingerprint density at radius 3 is 2.69 bits per heavy atom. The number of benzene rings is 1. The minimum atomic E-state index is -0.389. The Hall–Kier alpha value is -1.75. The first-order valence-electron chi connectivity index (χ1n) is 9.15. The number of halogens is 1. The van der Waals surface area contributed by atoms with E-state index in [4.69, 9.17) is 16.3 Å². The monoisotopic (exact) mass is 378 g/mol. The average Bonchev–Trinajstić information content (AvgIpc) is 2.92. The highest BCUT2D eigenvalue weighted by Gasteiger charge is 2.36. The van der Waals surface area contributed by atoms with Gasteiger partial charge in [0.25, 0.3) is 0 Å². The van der Waals surface area contributed by atoms with Crippen molar-refractivity contribution in [2.24, 2.45) is 0 Å². The molecule has 0 spiro atoms. The maximum atomic E-state index is 12.4. The van der Waals surface area contributed by atoms with Crippen LogP contribution in [0.1, 0.15) is 51.2 Å². The largest absolute Gasteiger partial charge is 0.488 e. The molecule has 1 saturated heterocycles. The predicted octanol–water partition coefficient (Wildman–Crippen LogP) is 3.03. The fourth-order valence-corrected chi connectivity index (χ4v) is 3.91. The van der Waals surface area contributed by atoms with E-state index in [9.17, 15) is 9.59 Å². The van der Waals surface area contributed by atoms with Crippen LogP contribution in [0.2, 0.25) is 0 Å². The summed E-state index contributed by atoms with van der Waals surface area (Å²) in [5.41, 5.74) is 1.71. The number of nitrogens with zero attached hydrogens (tertiary/aromatic N) is 1. The molecule has 2 heterocycles. The van der Waals surface area contributed by atoms with E-state index in [1.807, 2.05) is 19.1 Å². The van der Waals surface area contributed by atoms with Gasteiger partial charge >= 0.3 is 0 Å². The van der Waals surface area contributed by atoms with Gasteiger partial charge in [-0.3, -0.25) is 9.59 Å². The van der Waals surface area contributed by atoms with E-state index in [1.54, 1.807) is 4.90 Å². The van der Waals surface area contributed by atoms with Crippen molar-refractivity contribution in [3.63, 3.8) is 0 Å².